The molecule has 0 radical (unpaired) electrons. The minimum Gasteiger partial charge on any atom is -0.391 e. The Balaban J connectivity index is 2.61. The highest BCUT2D eigenvalue weighted by Crippen LogP contribution is 2.05. The van der Waals surface area contributed by atoms with Crippen LogP contribution in [-0.4, -0.2) is 36.9 Å². The number of benzene rings is 1. The lowest BCUT2D eigenvalue weighted by Crippen LogP contribution is -2.45. The average molecular weight is 292 g/mol. The van der Waals surface area contributed by atoms with Crippen molar-refractivity contribution in [2.75, 3.05) is 13.1 Å². The minimum atomic E-state index is -0.790. The molecule has 6 heteroatoms. The topological polar surface area (TPSA) is 98.5 Å². The van der Waals surface area contributed by atoms with E-state index < -0.39 is 18.0 Å². The summed E-state index contributed by atoms with van der Waals surface area (Å²) in [6.07, 6.45) is 0. The first-order valence-corrected chi connectivity index (χ1v) is 6.72. The van der Waals surface area contributed by atoms with Crippen LogP contribution < -0.4 is 11.1 Å². The Morgan fingerprint density at radius 1 is 1.19 bits per heavy atom. The lowest BCUT2D eigenvalue weighted by atomic mass is 10.0. The third-order valence-electron chi connectivity index (χ3n) is 2.88. The number of carbonyl (C=O) groups excluding carboxylic acids is 3. The summed E-state index contributed by atoms with van der Waals surface area (Å²) >= 11 is 0. The molecular weight excluding hydrogens is 272 g/mol. The van der Waals surface area contributed by atoms with Crippen molar-refractivity contribution in [2.24, 2.45) is 11.7 Å². The van der Waals surface area contributed by atoms with E-state index >= 15 is 0 Å². The van der Waals surface area contributed by atoms with E-state index in [0.29, 0.717) is 5.56 Å². The Kier molecular flexibility index (Phi) is 6.71. The van der Waals surface area contributed by atoms with E-state index in [1.807, 2.05) is 6.07 Å². The predicted octanol–water partition coefficient (Wildman–Crippen LogP) is 0.512. The van der Waals surface area contributed by atoms with Gasteiger partial charge in [0, 0.05) is 5.56 Å². The van der Waals surface area contributed by atoms with E-state index in [-0.39, 0.29) is 24.8 Å². The van der Waals surface area contributed by atoms with E-state index in [2.05, 4.69) is 10.1 Å². The molecule has 1 rings (SSSR count). The van der Waals surface area contributed by atoms with Crippen LogP contribution in [0.4, 0.5) is 0 Å². The van der Waals surface area contributed by atoms with Crippen LogP contribution in [-0.2, 0) is 14.3 Å². The molecule has 0 aromatic heterocycles. The lowest BCUT2D eigenvalue weighted by molar-refractivity contribution is -0.160. The van der Waals surface area contributed by atoms with E-state index in [9.17, 15) is 14.4 Å². The van der Waals surface area contributed by atoms with Crippen LogP contribution in [0.1, 0.15) is 24.2 Å². The Hall–Kier alpha value is -2.05. The van der Waals surface area contributed by atoms with Crippen LogP contribution in [0.25, 0.3) is 0 Å². The summed E-state index contributed by atoms with van der Waals surface area (Å²) in [6, 6.07) is 8.00. The molecule has 0 bridgehead atoms. The minimum absolute atomic E-state index is 0.0151. The summed E-state index contributed by atoms with van der Waals surface area (Å²) in [7, 11) is 0. The van der Waals surface area contributed by atoms with Crippen LogP contribution in [0.5, 0.6) is 0 Å². The van der Waals surface area contributed by atoms with Gasteiger partial charge < -0.3 is 10.5 Å². The quantitative estimate of drug-likeness (QED) is 0.432. The van der Waals surface area contributed by atoms with Gasteiger partial charge in [-0.2, -0.15) is 0 Å². The molecule has 0 spiro atoms. The summed E-state index contributed by atoms with van der Waals surface area (Å²) in [6.45, 7) is 3.20. The number of hydrogen-bond acceptors (Lipinski definition) is 6. The summed E-state index contributed by atoms with van der Waals surface area (Å²) in [4.78, 5) is 34.8. The van der Waals surface area contributed by atoms with Gasteiger partial charge in [-0.05, 0) is 5.92 Å². The first-order valence-electron chi connectivity index (χ1n) is 6.72. The summed E-state index contributed by atoms with van der Waals surface area (Å²) in [5.74, 6) is -1.78. The van der Waals surface area contributed by atoms with Crippen LogP contribution in [0.2, 0.25) is 0 Å². The Bertz CT molecular complexity index is 500. The molecule has 6 nitrogen and oxygen atoms in total. The molecule has 0 unspecified atom stereocenters. The highest BCUT2D eigenvalue weighted by molar-refractivity contribution is 5.98. The standard InChI is InChI=1S/C15H20N2O4/c1-10(2)14(15(20)21-13(19)8-16)17-9-12(18)11-6-4-3-5-7-11/h3-7,10,14,17H,8-9,16H2,1-2H3/t14-/m0/s1. The highest BCUT2D eigenvalue weighted by atomic mass is 16.6. The molecule has 0 aliphatic rings. The Labute approximate surface area is 123 Å². The SMILES string of the molecule is CC(C)[C@H](NCC(=O)c1ccccc1)C(=O)OC(=O)CN. The largest absolute Gasteiger partial charge is 0.391 e. The summed E-state index contributed by atoms with van der Waals surface area (Å²) in [5, 5.41) is 2.83. The van der Waals surface area contributed by atoms with Gasteiger partial charge in [-0.1, -0.05) is 44.2 Å². The van der Waals surface area contributed by atoms with Crippen molar-refractivity contribution in [1.82, 2.24) is 5.32 Å². The molecule has 0 heterocycles. The molecule has 0 saturated heterocycles. The zero-order valence-corrected chi connectivity index (χ0v) is 12.2. The molecule has 1 aromatic carbocycles. The van der Waals surface area contributed by atoms with Crippen LogP contribution in [0, 0.1) is 5.92 Å². The monoisotopic (exact) mass is 292 g/mol. The van der Waals surface area contributed by atoms with Crippen molar-refractivity contribution >= 4 is 17.7 Å². The second-order valence-corrected chi connectivity index (χ2v) is 4.89. The van der Waals surface area contributed by atoms with Crippen molar-refractivity contribution in [3.8, 4) is 0 Å². The summed E-state index contributed by atoms with van der Waals surface area (Å²) < 4.78 is 4.58. The number of ether oxygens (including phenoxy) is 1. The molecular formula is C15H20N2O4. The molecule has 0 aliphatic heterocycles. The molecule has 1 aromatic rings. The van der Waals surface area contributed by atoms with Gasteiger partial charge in [0.05, 0.1) is 13.1 Å². The molecule has 114 valence electrons. The van der Waals surface area contributed by atoms with Crippen LogP contribution in [0.15, 0.2) is 30.3 Å². The third kappa shape index (κ3) is 5.45. The zero-order valence-electron chi connectivity index (χ0n) is 12.2. The fourth-order valence-electron chi connectivity index (χ4n) is 1.74. The van der Waals surface area contributed by atoms with Gasteiger partial charge in [0.2, 0.25) is 0 Å². The van der Waals surface area contributed by atoms with Gasteiger partial charge in [0.15, 0.2) is 5.78 Å². The first kappa shape index (κ1) is 17.0. The maximum Gasteiger partial charge on any atom is 0.331 e. The van der Waals surface area contributed by atoms with Crippen LogP contribution in [0.3, 0.4) is 0 Å². The first-order chi connectivity index (χ1) is 9.95. The number of ketones is 1. The second-order valence-electron chi connectivity index (χ2n) is 4.89. The number of Topliss-reactive ketones (excluding diaryl/α,β-unsaturated/α-hetero) is 1. The molecule has 0 amide bonds. The second kappa shape index (κ2) is 8.28. The number of rotatable bonds is 7. The lowest BCUT2D eigenvalue weighted by Gasteiger charge is -2.19. The number of carbonyl (C=O) groups is 3. The third-order valence-corrected chi connectivity index (χ3v) is 2.88. The maximum atomic E-state index is 12.0. The molecule has 0 aliphatic carbocycles. The van der Waals surface area contributed by atoms with Gasteiger partial charge in [0.25, 0.3) is 0 Å². The van der Waals surface area contributed by atoms with E-state index in [1.165, 1.54) is 0 Å². The highest BCUT2D eigenvalue weighted by Gasteiger charge is 2.26. The number of nitrogens with one attached hydrogen (secondary N) is 1. The molecule has 21 heavy (non-hydrogen) atoms. The van der Waals surface area contributed by atoms with Crippen molar-refractivity contribution in [3.05, 3.63) is 35.9 Å². The number of hydrogen-bond donors (Lipinski definition) is 2. The molecule has 0 saturated carbocycles. The van der Waals surface area contributed by atoms with Crippen molar-refractivity contribution in [1.29, 1.82) is 0 Å². The van der Waals surface area contributed by atoms with Crippen molar-refractivity contribution in [3.63, 3.8) is 0 Å². The zero-order chi connectivity index (χ0) is 15.8. The van der Waals surface area contributed by atoms with Gasteiger partial charge >= 0.3 is 11.9 Å². The normalized spacial score (nSPS) is 12.0. The van der Waals surface area contributed by atoms with Gasteiger partial charge in [-0.3, -0.25) is 14.9 Å². The maximum absolute atomic E-state index is 12.0. The van der Waals surface area contributed by atoms with Gasteiger partial charge in [0.1, 0.15) is 6.04 Å². The van der Waals surface area contributed by atoms with E-state index in [1.54, 1.807) is 38.1 Å². The Morgan fingerprint density at radius 3 is 2.33 bits per heavy atom. The number of nitrogens with two attached hydrogens (primary N) is 1. The smallest absolute Gasteiger partial charge is 0.331 e. The van der Waals surface area contributed by atoms with E-state index in [0.717, 1.165) is 0 Å². The Morgan fingerprint density at radius 2 is 1.81 bits per heavy atom. The van der Waals surface area contributed by atoms with Crippen molar-refractivity contribution in [2.45, 2.75) is 19.9 Å². The summed E-state index contributed by atoms with van der Waals surface area (Å²) in [5.41, 5.74) is 5.65. The fraction of sp³-hybridized carbons (Fsp3) is 0.400. The molecule has 3 N–H and O–H groups in total. The van der Waals surface area contributed by atoms with E-state index in [4.69, 9.17) is 5.73 Å². The van der Waals surface area contributed by atoms with Gasteiger partial charge in [-0.15, -0.1) is 0 Å². The molecule has 1 atom stereocenters. The predicted molar refractivity (Wildman–Crippen MR) is 77.6 cm³/mol. The van der Waals surface area contributed by atoms with Gasteiger partial charge in [-0.25, -0.2) is 4.79 Å². The van der Waals surface area contributed by atoms with Crippen molar-refractivity contribution < 1.29 is 19.1 Å². The van der Waals surface area contributed by atoms with Crippen LogP contribution >= 0.6 is 0 Å². The number of esters is 2. The molecule has 0 fully saturated rings. The average Bonchev–Trinajstić information content (AvgIpc) is 2.47. The fourth-order valence-corrected chi connectivity index (χ4v) is 1.74.